The summed E-state index contributed by atoms with van der Waals surface area (Å²) in [5, 5.41) is 12.7. The van der Waals surface area contributed by atoms with Gasteiger partial charge in [-0.2, -0.15) is 0 Å². The van der Waals surface area contributed by atoms with Crippen LogP contribution in [0.25, 0.3) is 0 Å². The van der Waals surface area contributed by atoms with Gasteiger partial charge in [-0.1, -0.05) is 12.8 Å². The van der Waals surface area contributed by atoms with Crippen molar-refractivity contribution in [2.75, 3.05) is 27.2 Å². The van der Waals surface area contributed by atoms with E-state index in [2.05, 4.69) is 30.4 Å². The monoisotopic (exact) mass is 356 g/mol. The topological polar surface area (TPSA) is 92.9 Å². The van der Waals surface area contributed by atoms with Crippen LogP contribution >= 0.6 is 0 Å². The van der Waals surface area contributed by atoms with Crippen LogP contribution in [-0.4, -0.2) is 73.1 Å². The second-order valence-electron chi connectivity index (χ2n) is 7.42. The van der Waals surface area contributed by atoms with E-state index in [0.29, 0.717) is 24.7 Å². The molecule has 2 aliphatic rings. The lowest BCUT2D eigenvalue weighted by Gasteiger charge is -2.35. The van der Waals surface area contributed by atoms with Crippen molar-refractivity contribution in [2.45, 2.75) is 43.7 Å². The standard InChI is InChI=1S/C17H24N8O/c1-23(2)17(16-20-21-22-25(16)14-5-3-4-6-14)7-8-24(11-17)15(26)13-9-18-12-19-10-13/h9-10,12,14H,3-8,11H2,1-2H3. The third-order valence-corrected chi connectivity index (χ3v) is 5.78. The van der Waals surface area contributed by atoms with Gasteiger partial charge in [0.2, 0.25) is 0 Å². The van der Waals surface area contributed by atoms with E-state index in [0.717, 1.165) is 25.1 Å². The normalized spacial score (nSPS) is 23.9. The molecule has 1 unspecified atom stereocenters. The Balaban J connectivity index is 1.63. The molecular weight excluding hydrogens is 332 g/mol. The van der Waals surface area contributed by atoms with Gasteiger partial charge in [0.05, 0.1) is 11.6 Å². The van der Waals surface area contributed by atoms with Gasteiger partial charge in [-0.15, -0.1) is 5.10 Å². The number of rotatable bonds is 4. The predicted octanol–water partition coefficient (Wildman–Crippen LogP) is 0.881. The SMILES string of the molecule is CN(C)C1(c2nnnn2C2CCCC2)CCN(C(=O)c2cncnc2)C1. The molecule has 0 radical (unpaired) electrons. The molecular formula is C17H24N8O. The zero-order valence-electron chi connectivity index (χ0n) is 15.2. The highest BCUT2D eigenvalue weighted by Gasteiger charge is 2.48. The first-order valence-corrected chi connectivity index (χ1v) is 9.12. The molecule has 0 spiro atoms. The molecule has 1 saturated carbocycles. The summed E-state index contributed by atoms with van der Waals surface area (Å²) in [6, 6.07) is 0.365. The summed E-state index contributed by atoms with van der Waals surface area (Å²) in [4.78, 5) is 24.8. The van der Waals surface area contributed by atoms with E-state index in [1.165, 1.54) is 19.2 Å². The van der Waals surface area contributed by atoms with Crippen molar-refractivity contribution in [3.63, 3.8) is 0 Å². The second-order valence-corrected chi connectivity index (χ2v) is 7.42. The Hall–Kier alpha value is -2.42. The number of hydrogen-bond donors (Lipinski definition) is 0. The number of carbonyl (C=O) groups excluding carboxylic acids is 1. The number of nitrogens with zero attached hydrogens (tertiary/aromatic N) is 8. The summed E-state index contributed by atoms with van der Waals surface area (Å²) in [6.45, 7) is 1.21. The maximum atomic E-state index is 12.8. The Morgan fingerprint density at radius 1 is 1.23 bits per heavy atom. The molecule has 9 heteroatoms. The third kappa shape index (κ3) is 2.76. The zero-order chi connectivity index (χ0) is 18.1. The van der Waals surface area contributed by atoms with Crippen molar-refractivity contribution >= 4 is 5.91 Å². The van der Waals surface area contributed by atoms with Crippen LogP contribution in [0.4, 0.5) is 0 Å². The largest absolute Gasteiger partial charge is 0.336 e. The van der Waals surface area contributed by atoms with Crippen LogP contribution in [0.3, 0.4) is 0 Å². The molecule has 3 heterocycles. The van der Waals surface area contributed by atoms with Crippen molar-refractivity contribution < 1.29 is 4.79 Å². The van der Waals surface area contributed by atoms with Crippen LogP contribution in [-0.2, 0) is 5.54 Å². The molecule has 138 valence electrons. The lowest BCUT2D eigenvalue weighted by atomic mass is 9.95. The Labute approximate surface area is 152 Å². The second kappa shape index (κ2) is 6.71. The van der Waals surface area contributed by atoms with Gasteiger partial charge in [-0.3, -0.25) is 9.69 Å². The van der Waals surface area contributed by atoms with Gasteiger partial charge in [-0.25, -0.2) is 14.6 Å². The maximum absolute atomic E-state index is 12.8. The van der Waals surface area contributed by atoms with Gasteiger partial charge in [-0.05, 0) is 43.8 Å². The Kier molecular flexibility index (Phi) is 4.39. The number of carbonyl (C=O) groups is 1. The molecule has 26 heavy (non-hydrogen) atoms. The molecule has 1 aliphatic carbocycles. The highest BCUT2D eigenvalue weighted by Crippen LogP contribution is 2.38. The van der Waals surface area contributed by atoms with Gasteiger partial charge in [0.1, 0.15) is 11.9 Å². The number of aromatic nitrogens is 6. The number of hydrogen-bond acceptors (Lipinski definition) is 7. The van der Waals surface area contributed by atoms with Gasteiger partial charge in [0.15, 0.2) is 5.82 Å². The first kappa shape index (κ1) is 17.0. The molecule has 0 N–H and O–H groups in total. The summed E-state index contributed by atoms with van der Waals surface area (Å²) in [7, 11) is 4.07. The first-order valence-electron chi connectivity index (χ1n) is 9.12. The van der Waals surface area contributed by atoms with Gasteiger partial charge >= 0.3 is 0 Å². The van der Waals surface area contributed by atoms with E-state index in [9.17, 15) is 4.79 Å². The van der Waals surface area contributed by atoms with Crippen LogP contribution in [0.1, 0.15) is 54.3 Å². The average Bonchev–Trinajstić information content (AvgIpc) is 3.40. The molecule has 1 aliphatic heterocycles. The smallest absolute Gasteiger partial charge is 0.257 e. The van der Waals surface area contributed by atoms with E-state index in [1.807, 2.05) is 23.7 Å². The van der Waals surface area contributed by atoms with E-state index in [4.69, 9.17) is 0 Å². The molecule has 1 amide bonds. The fourth-order valence-corrected chi connectivity index (χ4v) is 4.20. The average molecular weight is 356 g/mol. The Morgan fingerprint density at radius 2 is 1.96 bits per heavy atom. The number of amides is 1. The lowest BCUT2D eigenvalue weighted by Crippen LogP contribution is -2.47. The molecule has 2 aromatic heterocycles. The van der Waals surface area contributed by atoms with Crippen molar-refractivity contribution in [3.05, 3.63) is 30.1 Å². The van der Waals surface area contributed by atoms with Crippen molar-refractivity contribution in [3.8, 4) is 0 Å². The summed E-state index contributed by atoms with van der Waals surface area (Å²) in [5.41, 5.74) is 0.134. The minimum Gasteiger partial charge on any atom is -0.336 e. The van der Waals surface area contributed by atoms with Crippen LogP contribution in [0.15, 0.2) is 18.7 Å². The molecule has 2 fully saturated rings. The number of likely N-dealkylation sites (tertiary alicyclic amines) is 1. The number of tetrazole rings is 1. The van der Waals surface area contributed by atoms with Crippen LogP contribution in [0, 0.1) is 0 Å². The Morgan fingerprint density at radius 3 is 2.65 bits per heavy atom. The van der Waals surface area contributed by atoms with Crippen molar-refractivity contribution in [1.29, 1.82) is 0 Å². The molecule has 1 atom stereocenters. The summed E-state index contributed by atoms with van der Waals surface area (Å²) in [6.07, 6.45) is 10.0. The number of likely N-dealkylation sites (N-methyl/N-ethyl adjacent to an activating group) is 1. The minimum absolute atomic E-state index is 0.0470. The summed E-state index contributed by atoms with van der Waals surface area (Å²) < 4.78 is 2.01. The van der Waals surface area contributed by atoms with E-state index in [1.54, 1.807) is 12.4 Å². The van der Waals surface area contributed by atoms with Gasteiger partial charge in [0, 0.05) is 25.5 Å². The van der Waals surface area contributed by atoms with Crippen molar-refractivity contribution in [1.82, 2.24) is 40.0 Å². The van der Waals surface area contributed by atoms with Crippen molar-refractivity contribution in [2.24, 2.45) is 0 Å². The third-order valence-electron chi connectivity index (χ3n) is 5.78. The lowest BCUT2D eigenvalue weighted by molar-refractivity contribution is 0.0736. The molecule has 0 aromatic carbocycles. The molecule has 4 rings (SSSR count). The fourth-order valence-electron chi connectivity index (χ4n) is 4.20. The molecule has 9 nitrogen and oxygen atoms in total. The van der Waals surface area contributed by atoms with Gasteiger partial charge < -0.3 is 4.90 Å². The quantitative estimate of drug-likeness (QED) is 0.803. The predicted molar refractivity (Wildman–Crippen MR) is 93.2 cm³/mol. The Bertz CT molecular complexity index is 770. The fraction of sp³-hybridized carbons (Fsp3) is 0.647. The minimum atomic E-state index is -0.378. The van der Waals surface area contributed by atoms with E-state index in [-0.39, 0.29) is 11.4 Å². The maximum Gasteiger partial charge on any atom is 0.257 e. The molecule has 2 aromatic rings. The summed E-state index contributed by atoms with van der Waals surface area (Å²) in [5.74, 6) is 0.822. The van der Waals surface area contributed by atoms with Gasteiger partial charge in [0.25, 0.3) is 5.91 Å². The molecule has 0 bridgehead atoms. The van der Waals surface area contributed by atoms with E-state index < -0.39 is 0 Å². The highest BCUT2D eigenvalue weighted by molar-refractivity contribution is 5.93. The molecule has 1 saturated heterocycles. The first-order chi connectivity index (χ1) is 12.6. The zero-order valence-corrected chi connectivity index (χ0v) is 15.2. The summed E-state index contributed by atoms with van der Waals surface area (Å²) >= 11 is 0. The highest BCUT2D eigenvalue weighted by atomic mass is 16.2. The van der Waals surface area contributed by atoms with Crippen LogP contribution < -0.4 is 0 Å². The van der Waals surface area contributed by atoms with Crippen LogP contribution in [0.2, 0.25) is 0 Å². The van der Waals surface area contributed by atoms with E-state index >= 15 is 0 Å². The van der Waals surface area contributed by atoms with Crippen LogP contribution in [0.5, 0.6) is 0 Å².